The number of carbonyl (C=O) groups is 1. The molecule has 0 N–H and O–H groups in total. The van der Waals surface area contributed by atoms with Crippen LogP contribution in [0.3, 0.4) is 0 Å². The lowest BCUT2D eigenvalue weighted by Crippen LogP contribution is -2.00. The minimum absolute atomic E-state index is 0.343. The van der Waals surface area contributed by atoms with E-state index in [1.165, 1.54) is 18.9 Å². The van der Waals surface area contributed by atoms with Gasteiger partial charge in [-0.1, -0.05) is 23.9 Å². The van der Waals surface area contributed by atoms with E-state index in [0.717, 1.165) is 21.4 Å². The number of aryl methyl sites for hydroxylation is 1. The molecule has 1 aromatic carbocycles. The summed E-state index contributed by atoms with van der Waals surface area (Å²) in [5.41, 5.74) is 2.47. The quantitative estimate of drug-likeness (QED) is 0.518. The third-order valence-electron chi connectivity index (χ3n) is 3.04. The SMILES string of the molecule is COC(=O)c1ccc(-c2nc(CSc3nnnn3C)cs2)cc1. The molecule has 9 heteroatoms. The fourth-order valence-electron chi connectivity index (χ4n) is 1.85. The number of methoxy groups -OCH3 is 1. The van der Waals surface area contributed by atoms with Crippen LogP contribution in [0.5, 0.6) is 0 Å². The van der Waals surface area contributed by atoms with Gasteiger partial charge in [-0.3, -0.25) is 0 Å². The number of thiazole rings is 1. The second kappa shape index (κ2) is 6.88. The van der Waals surface area contributed by atoms with Crippen LogP contribution < -0.4 is 0 Å². The van der Waals surface area contributed by atoms with Gasteiger partial charge >= 0.3 is 5.97 Å². The maximum absolute atomic E-state index is 11.4. The van der Waals surface area contributed by atoms with E-state index >= 15 is 0 Å². The van der Waals surface area contributed by atoms with Crippen LogP contribution in [0.1, 0.15) is 16.1 Å². The predicted octanol–water partition coefficient (Wildman–Crippen LogP) is 2.41. The summed E-state index contributed by atoms with van der Waals surface area (Å²) in [6, 6.07) is 7.22. The highest BCUT2D eigenvalue weighted by Gasteiger charge is 2.09. The Kier molecular flexibility index (Phi) is 4.68. The first-order valence-electron chi connectivity index (χ1n) is 6.65. The fraction of sp³-hybridized carbons (Fsp3) is 0.214. The predicted molar refractivity (Wildman–Crippen MR) is 87.2 cm³/mol. The number of benzene rings is 1. The summed E-state index contributed by atoms with van der Waals surface area (Å²) in [6.45, 7) is 0. The van der Waals surface area contributed by atoms with E-state index in [9.17, 15) is 4.79 Å². The number of thioether (sulfide) groups is 1. The Hall–Kier alpha value is -2.26. The van der Waals surface area contributed by atoms with E-state index in [2.05, 4.69) is 20.5 Å². The highest BCUT2D eigenvalue weighted by atomic mass is 32.2. The molecule has 118 valence electrons. The van der Waals surface area contributed by atoms with Crippen LogP contribution in [0, 0.1) is 0 Å². The van der Waals surface area contributed by atoms with E-state index in [1.54, 1.807) is 35.2 Å². The number of nitrogens with zero attached hydrogens (tertiary/aromatic N) is 5. The molecule has 3 rings (SSSR count). The Bertz CT molecular complexity index is 813. The van der Waals surface area contributed by atoms with Gasteiger partial charge in [-0.05, 0) is 22.6 Å². The van der Waals surface area contributed by atoms with Crippen molar-refractivity contribution in [3.05, 3.63) is 40.9 Å². The summed E-state index contributed by atoms with van der Waals surface area (Å²) in [5.74, 6) is 0.357. The van der Waals surface area contributed by atoms with Crippen molar-refractivity contribution in [3.63, 3.8) is 0 Å². The van der Waals surface area contributed by atoms with Crippen LogP contribution in [0.2, 0.25) is 0 Å². The zero-order chi connectivity index (χ0) is 16.2. The number of hydrogen-bond donors (Lipinski definition) is 0. The average Bonchev–Trinajstić information content (AvgIpc) is 3.21. The fourth-order valence-corrected chi connectivity index (χ4v) is 3.53. The van der Waals surface area contributed by atoms with Crippen LogP contribution >= 0.6 is 23.1 Å². The van der Waals surface area contributed by atoms with Gasteiger partial charge in [-0.2, -0.15) is 0 Å². The van der Waals surface area contributed by atoms with Crippen molar-refractivity contribution in [3.8, 4) is 10.6 Å². The molecule has 0 saturated heterocycles. The first kappa shape index (κ1) is 15.6. The summed E-state index contributed by atoms with van der Waals surface area (Å²) in [6.07, 6.45) is 0. The lowest BCUT2D eigenvalue weighted by Gasteiger charge is -2.00. The van der Waals surface area contributed by atoms with Gasteiger partial charge < -0.3 is 4.74 Å². The molecule has 0 bridgehead atoms. The summed E-state index contributed by atoms with van der Waals surface area (Å²) < 4.78 is 6.32. The molecule has 0 aliphatic heterocycles. The minimum atomic E-state index is -0.343. The van der Waals surface area contributed by atoms with Gasteiger partial charge in [-0.25, -0.2) is 14.5 Å². The van der Waals surface area contributed by atoms with Gasteiger partial charge in [0.1, 0.15) is 5.01 Å². The van der Waals surface area contributed by atoms with Gasteiger partial charge in [0.25, 0.3) is 0 Å². The molecular weight excluding hydrogens is 334 g/mol. The van der Waals surface area contributed by atoms with Crippen molar-refractivity contribution in [2.45, 2.75) is 10.9 Å². The van der Waals surface area contributed by atoms with Gasteiger partial charge in [0, 0.05) is 23.7 Å². The molecule has 0 fully saturated rings. The molecule has 0 amide bonds. The van der Waals surface area contributed by atoms with Crippen LogP contribution in [0.25, 0.3) is 10.6 Å². The number of carbonyl (C=O) groups excluding carboxylic acids is 1. The first-order chi connectivity index (χ1) is 11.2. The first-order valence-corrected chi connectivity index (χ1v) is 8.52. The third kappa shape index (κ3) is 3.57. The number of tetrazole rings is 1. The Labute approximate surface area is 140 Å². The molecule has 2 heterocycles. The van der Waals surface area contributed by atoms with Crippen molar-refractivity contribution >= 4 is 29.1 Å². The maximum atomic E-state index is 11.4. The molecule has 0 aliphatic carbocycles. The molecule has 0 atom stereocenters. The van der Waals surface area contributed by atoms with Crippen molar-refractivity contribution in [1.29, 1.82) is 0 Å². The Morgan fingerprint density at radius 1 is 1.35 bits per heavy atom. The summed E-state index contributed by atoms with van der Waals surface area (Å²) in [7, 11) is 3.17. The molecule has 2 aromatic heterocycles. The Morgan fingerprint density at radius 2 is 2.13 bits per heavy atom. The summed E-state index contributed by atoms with van der Waals surface area (Å²) in [4.78, 5) is 16.0. The van der Waals surface area contributed by atoms with E-state index < -0.39 is 0 Å². The number of rotatable bonds is 5. The third-order valence-corrected chi connectivity index (χ3v) is 5.02. The highest BCUT2D eigenvalue weighted by molar-refractivity contribution is 7.98. The molecule has 7 nitrogen and oxygen atoms in total. The van der Waals surface area contributed by atoms with Crippen molar-refractivity contribution in [2.24, 2.45) is 7.05 Å². The van der Waals surface area contributed by atoms with Gasteiger partial charge in [0.15, 0.2) is 0 Å². The Morgan fingerprint density at radius 3 is 2.78 bits per heavy atom. The average molecular weight is 347 g/mol. The summed E-state index contributed by atoms with van der Waals surface area (Å²) in [5, 5.41) is 15.0. The maximum Gasteiger partial charge on any atom is 0.337 e. The van der Waals surface area contributed by atoms with Gasteiger partial charge in [0.05, 0.1) is 18.4 Å². The zero-order valence-corrected chi connectivity index (χ0v) is 14.1. The largest absolute Gasteiger partial charge is 0.465 e. The monoisotopic (exact) mass is 347 g/mol. The lowest BCUT2D eigenvalue weighted by molar-refractivity contribution is 0.0601. The van der Waals surface area contributed by atoms with E-state index in [0.29, 0.717) is 11.3 Å². The highest BCUT2D eigenvalue weighted by Crippen LogP contribution is 2.27. The van der Waals surface area contributed by atoms with Crippen LogP contribution in [0.4, 0.5) is 0 Å². The second-order valence-electron chi connectivity index (χ2n) is 4.59. The standard InChI is InChI=1S/C14H13N5O2S2/c1-19-14(16-17-18-19)23-8-11-7-22-12(15-11)9-3-5-10(6-4-9)13(20)21-2/h3-7H,8H2,1-2H3. The smallest absolute Gasteiger partial charge is 0.337 e. The molecule has 23 heavy (non-hydrogen) atoms. The summed E-state index contributed by atoms with van der Waals surface area (Å²) >= 11 is 3.10. The van der Waals surface area contributed by atoms with Crippen molar-refractivity contribution in [2.75, 3.05) is 7.11 Å². The van der Waals surface area contributed by atoms with Gasteiger partial charge in [0.2, 0.25) is 5.16 Å². The second-order valence-corrected chi connectivity index (χ2v) is 6.39. The molecular formula is C14H13N5O2S2. The molecule has 0 unspecified atom stereocenters. The van der Waals surface area contributed by atoms with Crippen molar-refractivity contribution < 1.29 is 9.53 Å². The molecule has 3 aromatic rings. The normalized spacial score (nSPS) is 10.7. The number of aromatic nitrogens is 5. The van der Waals surface area contributed by atoms with E-state index in [-0.39, 0.29) is 5.97 Å². The lowest BCUT2D eigenvalue weighted by atomic mass is 10.1. The molecule has 0 radical (unpaired) electrons. The molecule has 0 aliphatic rings. The molecule has 0 saturated carbocycles. The van der Waals surface area contributed by atoms with Gasteiger partial charge in [-0.15, -0.1) is 16.4 Å². The van der Waals surface area contributed by atoms with Crippen LogP contribution in [-0.4, -0.2) is 38.3 Å². The van der Waals surface area contributed by atoms with Crippen LogP contribution in [0.15, 0.2) is 34.8 Å². The topological polar surface area (TPSA) is 82.8 Å². The number of hydrogen-bond acceptors (Lipinski definition) is 8. The zero-order valence-electron chi connectivity index (χ0n) is 12.5. The number of esters is 1. The van der Waals surface area contributed by atoms with E-state index in [4.69, 9.17) is 4.74 Å². The van der Waals surface area contributed by atoms with Crippen molar-refractivity contribution in [1.82, 2.24) is 25.2 Å². The minimum Gasteiger partial charge on any atom is -0.465 e. The van der Waals surface area contributed by atoms with Crippen LogP contribution in [-0.2, 0) is 17.5 Å². The molecule has 0 spiro atoms. The van der Waals surface area contributed by atoms with E-state index in [1.807, 2.05) is 17.5 Å². The Balaban J connectivity index is 1.69. The number of ether oxygens (including phenoxy) is 1.